The van der Waals surface area contributed by atoms with E-state index in [1.165, 1.54) is 5.56 Å². The first kappa shape index (κ1) is 19.0. The number of rotatable bonds is 6. The third kappa shape index (κ3) is 4.49. The predicted octanol–water partition coefficient (Wildman–Crippen LogP) is 5.66. The van der Waals surface area contributed by atoms with Crippen LogP contribution in [-0.4, -0.2) is 23.6 Å². The standard InChI is InChI=1S/C21H23ClN4O/c1-5-26(17-8-6-7-14(2)11-17)20-12-15(3)23-21(25-20)24-16-9-10-19(27-4)18(22)13-16/h6-13H,5H2,1-4H3,(H,23,24,25). The molecule has 0 saturated heterocycles. The summed E-state index contributed by atoms with van der Waals surface area (Å²) in [6.45, 7) is 6.95. The molecule has 0 aliphatic rings. The fourth-order valence-electron chi connectivity index (χ4n) is 2.89. The monoisotopic (exact) mass is 382 g/mol. The van der Waals surface area contributed by atoms with E-state index in [2.05, 4.69) is 53.3 Å². The van der Waals surface area contributed by atoms with Gasteiger partial charge >= 0.3 is 0 Å². The molecule has 0 aliphatic heterocycles. The van der Waals surface area contributed by atoms with E-state index in [-0.39, 0.29) is 0 Å². The summed E-state index contributed by atoms with van der Waals surface area (Å²) in [4.78, 5) is 11.4. The van der Waals surface area contributed by atoms with Gasteiger partial charge in [0.1, 0.15) is 11.6 Å². The molecular weight excluding hydrogens is 360 g/mol. The van der Waals surface area contributed by atoms with Crippen LogP contribution in [-0.2, 0) is 0 Å². The molecule has 0 aliphatic carbocycles. The average Bonchev–Trinajstić information content (AvgIpc) is 2.62. The summed E-state index contributed by atoms with van der Waals surface area (Å²) in [5.74, 6) is 2.00. The van der Waals surface area contributed by atoms with Crippen molar-refractivity contribution in [2.75, 3.05) is 23.9 Å². The number of aryl methyl sites for hydroxylation is 2. The molecule has 0 atom stereocenters. The number of nitrogens with zero attached hydrogens (tertiary/aromatic N) is 3. The number of methoxy groups -OCH3 is 1. The van der Waals surface area contributed by atoms with Crippen molar-refractivity contribution < 1.29 is 4.74 Å². The van der Waals surface area contributed by atoms with E-state index in [9.17, 15) is 0 Å². The molecule has 2 aromatic carbocycles. The topological polar surface area (TPSA) is 50.3 Å². The first-order valence-electron chi connectivity index (χ1n) is 8.80. The number of hydrogen-bond acceptors (Lipinski definition) is 5. The molecule has 1 heterocycles. The highest BCUT2D eigenvalue weighted by Crippen LogP contribution is 2.29. The fourth-order valence-corrected chi connectivity index (χ4v) is 3.15. The van der Waals surface area contributed by atoms with Gasteiger partial charge in [0.05, 0.1) is 12.1 Å². The van der Waals surface area contributed by atoms with Gasteiger partial charge < -0.3 is 15.0 Å². The molecule has 0 saturated carbocycles. The quantitative estimate of drug-likeness (QED) is 0.596. The number of anilines is 4. The zero-order valence-electron chi connectivity index (χ0n) is 16.0. The second-order valence-electron chi connectivity index (χ2n) is 6.25. The lowest BCUT2D eigenvalue weighted by Gasteiger charge is -2.23. The van der Waals surface area contributed by atoms with E-state index in [4.69, 9.17) is 21.3 Å². The molecule has 3 aromatic rings. The molecule has 0 unspecified atom stereocenters. The molecule has 1 N–H and O–H groups in total. The maximum atomic E-state index is 6.21. The molecule has 0 fully saturated rings. The summed E-state index contributed by atoms with van der Waals surface area (Å²) >= 11 is 6.21. The van der Waals surface area contributed by atoms with Gasteiger partial charge in [-0.15, -0.1) is 0 Å². The van der Waals surface area contributed by atoms with E-state index in [0.29, 0.717) is 16.7 Å². The van der Waals surface area contributed by atoms with E-state index < -0.39 is 0 Å². The van der Waals surface area contributed by atoms with Crippen molar-refractivity contribution in [3.05, 3.63) is 64.8 Å². The molecule has 140 valence electrons. The van der Waals surface area contributed by atoms with Crippen LogP contribution in [0.25, 0.3) is 0 Å². The van der Waals surface area contributed by atoms with Crippen molar-refractivity contribution in [2.45, 2.75) is 20.8 Å². The molecule has 0 bridgehead atoms. The highest BCUT2D eigenvalue weighted by atomic mass is 35.5. The van der Waals surface area contributed by atoms with Crippen LogP contribution in [0.5, 0.6) is 5.75 Å². The van der Waals surface area contributed by atoms with Crippen molar-refractivity contribution >= 4 is 34.7 Å². The van der Waals surface area contributed by atoms with Gasteiger partial charge in [0.2, 0.25) is 5.95 Å². The smallest absolute Gasteiger partial charge is 0.229 e. The van der Waals surface area contributed by atoms with E-state index in [0.717, 1.165) is 29.4 Å². The zero-order chi connectivity index (χ0) is 19.4. The second-order valence-corrected chi connectivity index (χ2v) is 6.66. The summed E-state index contributed by atoms with van der Waals surface area (Å²) in [7, 11) is 1.59. The molecule has 1 aromatic heterocycles. The van der Waals surface area contributed by atoms with Gasteiger partial charge in [-0.2, -0.15) is 4.98 Å². The Kier molecular flexibility index (Phi) is 5.81. The summed E-state index contributed by atoms with van der Waals surface area (Å²) in [6.07, 6.45) is 0. The first-order chi connectivity index (χ1) is 13.0. The number of hydrogen-bond donors (Lipinski definition) is 1. The molecular formula is C21H23ClN4O. The molecule has 0 amide bonds. The minimum atomic E-state index is 0.525. The van der Waals surface area contributed by atoms with Crippen molar-refractivity contribution in [1.29, 1.82) is 0 Å². The van der Waals surface area contributed by atoms with Crippen molar-refractivity contribution in [1.82, 2.24) is 9.97 Å². The number of halogens is 1. The van der Waals surface area contributed by atoms with E-state index in [1.807, 2.05) is 25.1 Å². The normalized spacial score (nSPS) is 10.6. The van der Waals surface area contributed by atoms with Crippen LogP contribution in [0.15, 0.2) is 48.5 Å². The Labute approximate surface area is 165 Å². The van der Waals surface area contributed by atoms with E-state index >= 15 is 0 Å². The summed E-state index contributed by atoms with van der Waals surface area (Å²) < 4.78 is 5.20. The Morgan fingerprint density at radius 2 is 1.89 bits per heavy atom. The summed E-state index contributed by atoms with van der Waals surface area (Å²) in [5, 5.41) is 3.76. The lowest BCUT2D eigenvalue weighted by Crippen LogP contribution is -2.18. The molecule has 6 heteroatoms. The molecule has 27 heavy (non-hydrogen) atoms. The van der Waals surface area contributed by atoms with Crippen LogP contribution in [0.2, 0.25) is 5.02 Å². The van der Waals surface area contributed by atoms with Gasteiger partial charge in [-0.05, 0) is 56.7 Å². The third-order valence-electron chi connectivity index (χ3n) is 4.15. The lowest BCUT2D eigenvalue weighted by molar-refractivity contribution is 0.415. The van der Waals surface area contributed by atoms with Gasteiger partial charge in [-0.1, -0.05) is 23.7 Å². The van der Waals surface area contributed by atoms with Crippen LogP contribution >= 0.6 is 11.6 Å². The van der Waals surface area contributed by atoms with E-state index in [1.54, 1.807) is 13.2 Å². The first-order valence-corrected chi connectivity index (χ1v) is 9.18. The maximum absolute atomic E-state index is 6.21. The summed E-state index contributed by atoms with van der Waals surface area (Å²) in [5.41, 5.74) is 4.00. The minimum absolute atomic E-state index is 0.525. The predicted molar refractivity (Wildman–Crippen MR) is 112 cm³/mol. The van der Waals surface area contributed by atoms with Crippen LogP contribution in [0.1, 0.15) is 18.2 Å². The Bertz CT molecular complexity index is 945. The number of ether oxygens (including phenoxy) is 1. The van der Waals surface area contributed by atoms with Gasteiger partial charge in [0.15, 0.2) is 0 Å². The Morgan fingerprint density at radius 1 is 1.07 bits per heavy atom. The molecule has 0 radical (unpaired) electrons. The summed E-state index contributed by atoms with van der Waals surface area (Å²) in [6, 6.07) is 15.9. The van der Waals surface area contributed by atoms with Crippen LogP contribution < -0.4 is 15.0 Å². The van der Waals surface area contributed by atoms with Crippen molar-refractivity contribution in [3.63, 3.8) is 0 Å². The van der Waals surface area contributed by atoms with Gasteiger partial charge in [0, 0.05) is 29.7 Å². The highest BCUT2D eigenvalue weighted by Gasteiger charge is 2.12. The number of benzene rings is 2. The third-order valence-corrected chi connectivity index (χ3v) is 4.45. The molecule has 5 nitrogen and oxygen atoms in total. The average molecular weight is 383 g/mol. The van der Waals surface area contributed by atoms with Crippen LogP contribution in [0.4, 0.5) is 23.1 Å². The van der Waals surface area contributed by atoms with Crippen molar-refractivity contribution in [2.24, 2.45) is 0 Å². The Morgan fingerprint density at radius 3 is 2.56 bits per heavy atom. The zero-order valence-corrected chi connectivity index (χ0v) is 16.7. The highest BCUT2D eigenvalue weighted by molar-refractivity contribution is 6.32. The largest absolute Gasteiger partial charge is 0.495 e. The number of aromatic nitrogens is 2. The maximum Gasteiger partial charge on any atom is 0.229 e. The fraction of sp³-hybridized carbons (Fsp3) is 0.238. The minimum Gasteiger partial charge on any atom is -0.495 e. The van der Waals surface area contributed by atoms with Crippen LogP contribution in [0, 0.1) is 13.8 Å². The van der Waals surface area contributed by atoms with Crippen LogP contribution in [0.3, 0.4) is 0 Å². The molecule has 3 rings (SSSR count). The molecule has 0 spiro atoms. The second kappa shape index (κ2) is 8.27. The van der Waals surface area contributed by atoms with Gasteiger partial charge in [-0.25, -0.2) is 4.98 Å². The number of nitrogens with one attached hydrogen (secondary N) is 1. The van der Waals surface area contributed by atoms with Gasteiger partial charge in [0.25, 0.3) is 0 Å². The SMILES string of the molecule is CCN(c1cccc(C)c1)c1cc(C)nc(Nc2ccc(OC)c(Cl)c2)n1. The van der Waals surface area contributed by atoms with Gasteiger partial charge in [-0.3, -0.25) is 0 Å². The van der Waals surface area contributed by atoms with Crippen molar-refractivity contribution in [3.8, 4) is 5.75 Å². The Hall–Kier alpha value is -2.79. The Balaban J connectivity index is 1.92. The lowest BCUT2D eigenvalue weighted by atomic mass is 10.2.